The highest BCUT2D eigenvalue weighted by molar-refractivity contribution is 6.17. The SMILES string of the molecule is OCC(O)CCCCCCl. The molecule has 0 rings (SSSR count). The number of alkyl halides is 1. The van der Waals surface area contributed by atoms with Crippen molar-refractivity contribution < 1.29 is 10.2 Å². The van der Waals surface area contributed by atoms with Crippen LogP contribution in [0, 0.1) is 0 Å². The third-order valence-corrected chi connectivity index (χ3v) is 1.65. The summed E-state index contributed by atoms with van der Waals surface area (Å²) in [5.74, 6) is 0.690. The Kier molecular flexibility index (Phi) is 7.47. The van der Waals surface area contributed by atoms with Crippen LogP contribution in [0.25, 0.3) is 0 Å². The van der Waals surface area contributed by atoms with Gasteiger partial charge in [-0.15, -0.1) is 11.6 Å². The fraction of sp³-hybridized carbons (Fsp3) is 1.00. The van der Waals surface area contributed by atoms with Crippen molar-refractivity contribution in [1.82, 2.24) is 0 Å². The van der Waals surface area contributed by atoms with Crippen LogP contribution >= 0.6 is 11.6 Å². The van der Waals surface area contributed by atoms with Crippen molar-refractivity contribution >= 4 is 11.6 Å². The average Bonchev–Trinajstić information content (AvgIpc) is 1.98. The fourth-order valence-corrected chi connectivity index (χ4v) is 0.931. The van der Waals surface area contributed by atoms with Gasteiger partial charge in [0.15, 0.2) is 0 Å². The largest absolute Gasteiger partial charge is 0.394 e. The Labute approximate surface area is 66.8 Å². The highest BCUT2D eigenvalue weighted by Crippen LogP contribution is 2.03. The van der Waals surface area contributed by atoms with Crippen LogP contribution in [0.2, 0.25) is 0 Å². The molecule has 1 unspecified atom stereocenters. The van der Waals surface area contributed by atoms with E-state index in [1.54, 1.807) is 0 Å². The number of hydrogen-bond donors (Lipinski definition) is 2. The molecule has 0 fully saturated rings. The van der Waals surface area contributed by atoms with Crippen LogP contribution in [-0.4, -0.2) is 28.8 Å². The summed E-state index contributed by atoms with van der Waals surface area (Å²) in [7, 11) is 0. The zero-order valence-corrected chi connectivity index (χ0v) is 6.85. The second-order valence-electron chi connectivity index (χ2n) is 2.37. The molecular formula is C7H15ClO2. The molecule has 0 aliphatic heterocycles. The number of aliphatic hydroxyl groups is 2. The van der Waals surface area contributed by atoms with Gasteiger partial charge in [0, 0.05) is 5.88 Å². The van der Waals surface area contributed by atoms with E-state index >= 15 is 0 Å². The van der Waals surface area contributed by atoms with Gasteiger partial charge in [0.2, 0.25) is 0 Å². The highest BCUT2D eigenvalue weighted by Gasteiger charge is 1.99. The lowest BCUT2D eigenvalue weighted by molar-refractivity contribution is 0.0861. The molecule has 2 nitrogen and oxygen atoms in total. The van der Waals surface area contributed by atoms with Crippen LogP contribution in [0.4, 0.5) is 0 Å². The molecule has 0 bridgehead atoms. The molecule has 2 N–H and O–H groups in total. The molecule has 0 radical (unpaired) electrons. The molecule has 0 aliphatic rings. The summed E-state index contributed by atoms with van der Waals surface area (Å²) in [5, 5.41) is 17.3. The lowest BCUT2D eigenvalue weighted by atomic mass is 10.1. The molecule has 62 valence electrons. The van der Waals surface area contributed by atoms with E-state index in [0.29, 0.717) is 12.3 Å². The maximum atomic E-state index is 8.87. The third kappa shape index (κ3) is 6.33. The van der Waals surface area contributed by atoms with Crippen LogP contribution < -0.4 is 0 Å². The van der Waals surface area contributed by atoms with Crippen molar-refractivity contribution in [3.8, 4) is 0 Å². The quantitative estimate of drug-likeness (QED) is 0.459. The van der Waals surface area contributed by atoms with Crippen molar-refractivity contribution in [2.24, 2.45) is 0 Å². The van der Waals surface area contributed by atoms with E-state index in [1.807, 2.05) is 0 Å². The first-order valence-corrected chi connectivity index (χ1v) is 4.19. The van der Waals surface area contributed by atoms with Crippen molar-refractivity contribution in [3.05, 3.63) is 0 Å². The zero-order valence-electron chi connectivity index (χ0n) is 6.09. The molecule has 0 aromatic carbocycles. The maximum absolute atomic E-state index is 8.87. The first-order chi connectivity index (χ1) is 4.81. The second-order valence-corrected chi connectivity index (χ2v) is 2.75. The molecule has 0 aromatic heterocycles. The minimum Gasteiger partial charge on any atom is -0.394 e. The Morgan fingerprint density at radius 1 is 1.20 bits per heavy atom. The summed E-state index contributed by atoms with van der Waals surface area (Å²) in [4.78, 5) is 0. The third-order valence-electron chi connectivity index (χ3n) is 1.38. The van der Waals surface area contributed by atoms with Crippen molar-refractivity contribution in [2.75, 3.05) is 12.5 Å². The Morgan fingerprint density at radius 3 is 2.40 bits per heavy atom. The van der Waals surface area contributed by atoms with Crippen LogP contribution in [-0.2, 0) is 0 Å². The van der Waals surface area contributed by atoms with Gasteiger partial charge in [0.1, 0.15) is 0 Å². The Hall–Kier alpha value is 0.210. The minimum atomic E-state index is -0.532. The van der Waals surface area contributed by atoms with Crippen LogP contribution in [0.3, 0.4) is 0 Å². The van der Waals surface area contributed by atoms with E-state index in [2.05, 4.69) is 0 Å². The Bertz CT molecular complexity index is 68.6. The molecule has 1 atom stereocenters. The van der Waals surface area contributed by atoms with Gasteiger partial charge in [-0.2, -0.15) is 0 Å². The summed E-state index contributed by atoms with van der Waals surface area (Å²) in [6.07, 6.45) is 3.15. The van der Waals surface area contributed by atoms with Gasteiger partial charge < -0.3 is 10.2 Å². The van der Waals surface area contributed by atoms with Crippen LogP contribution in [0.5, 0.6) is 0 Å². The summed E-state index contributed by atoms with van der Waals surface area (Å²) >= 11 is 5.44. The average molecular weight is 167 g/mol. The molecule has 0 spiro atoms. The number of aliphatic hydroxyl groups excluding tert-OH is 2. The smallest absolute Gasteiger partial charge is 0.0770 e. The Balaban J connectivity index is 2.89. The number of hydrogen-bond acceptors (Lipinski definition) is 2. The lowest BCUT2D eigenvalue weighted by Crippen LogP contribution is -2.10. The predicted octanol–water partition coefficient (Wildman–Crippen LogP) is 1.14. The fourth-order valence-electron chi connectivity index (χ4n) is 0.743. The standard InChI is InChI=1S/C7H15ClO2/c8-5-3-1-2-4-7(10)6-9/h7,9-10H,1-6H2. The summed E-state index contributed by atoms with van der Waals surface area (Å²) in [6, 6.07) is 0. The van der Waals surface area contributed by atoms with Gasteiger partial charge in [0.25, 0.3) is 0 Å². The second kappa shape index (κ2) is 7.32. The normalized spacial score (nSPS) is 13.5. The van der Waals surface area contributed by atoms with E-state index in [0.717, 1.165) is 19.3 Å². The van der Waals surface area contributed by atoms with E-state index in [9.17, 15) is 0 Å². The van der Waals surface area contributed by atoms with Crippen molar-refractivity contribution in [2.45, 2.75) is 31.8 Å². The molecule has 10 heavy (non-hydrogen) atoms. The number of halogens is 1. The molecule has 0 saturated heterocycles. The predicted molar refractivity (Wildman–Crippen MR) is 42.3 cm³/mol. The molecule has 0 saturated carbocycles. The monoisotopic (exact) mass is 166 g/mol. The first-order valence-electron chi connectivity index (χ1n) is 3.66. The molecule has 0 amide bonds. The van der Waals surface area contributed by atoms with E-state index in [4.69, 9.17) is 21.8 Å². The lowest BCUT2D eigenvalue weighted by Gasteiger charge is -2.04. The van der Waals surface area contributed by atoms with Crippen molar-refractivity contribution in [1.29, 1.82) is 0 Å². The van der Waals surface area contributed by atoms with Gasteiger partial charge in [-0.25, -0.2) is 0 Å². The number of rotatable bonds is 6. The summed E-state index contributed by atoms with van der Waals surface area (Å²) in [5.41, 5.74) is 0. The zero-order chi connectivity index (χ0) is 7.82. The molecule has 0 aromatic rings. The highest BCUT2D eigenvalue weighted by atomic mass is 35.5. The van der Waals surface area contributed by atoms with Crippen LogP contribution in [0.15, 0.2) is 0 Å². The van der Waals surface area contributed by atoms with Gasteiger partial charge in [-0.3, -0.25) is 0 Å². The van der Waals surface area contributed by atoms with Gasteiger partial charge in [-0.1, -0.05) is 12.8 Å². The molecular weight excluding hydrogens is 152 g/mol. The molecule has 0 aliphatic carbocycles. The van der Waals surface area contributed by atoms with Gasteiger partial charge in [-0.05, 0) is 12.8 Å². The van der Waals surface area contributed by atoms with E-state index < -0.39 is 6.10 Å². The molecule has 3 heteroatoms. The van der Waals surface area contributed by atoms with Gasteiger partial charge in [0.05, 0.1) is 12.7 Å². The van der Waals surface area contributed by atoms with Crippen molar-refractivity contribution in [3.63, 3.8) is 0 Å². The maximum Gasteiger partial charge on any atom is 0.0770 e. The van der Waals surface area contributed by atoms with E-state index in [1.165, 1.54) is 0 Å². The van der Waals surface area contributed by atoms with E-state index in [-0.39, 0.29) is 6.61 Å². The van der Waals surface area contributed by atoms with Gasteiger partial charge >= 0.3 is 0 Å². The minimum absolute atomic E-state index is 0.124. The topological polar surface area (TPSA) is 40.5 Å². The summed E-state index contributed by atoms with van der Waals surface area (Å²) < 4.78 is 0. The Morgan fingerprint density at radius 2 is 1.90 bits per heavy atom. The number of unbranched alkanes of at least 4 members (excludes halogenated alkanes) is 2. The molecule has 0 heterocycles. The summed E-state index contributed by atoms with van der Waals surface area (Å²) in [6.45, 7) is -0.124. The first kappa shape index (κ1) is 10.2. The van der Waals surface area contributed by atoms with Crippen LogP contribution in [0.1, 0.15) is 25.7 Å².